The summed E-state index contributed by atoms with van der Waals surface area (Å²) < 4.78 is 0. The Morgan fingerprint density at radius 3 is 2.50 bits per heavy atom. The first-order valence-electron chi connectivity index (χ1n) is 9.62. The second-order valence-electron chi connectivity index (χ2n) is 7.53. The maximum Gasteiger partial charge on any atom is 0.325 e. The number of fused-ring (bicyclic) bond motifs is 2. The zero-order chi connectivity index (χ0) is 18.1. The Hall–Kier alpha value is -2.37. The van der Waals surface area contributed by atoms with Gasteiger partial charge in [0, 0.05) is 13.1 Å². The first kappa shape index (κ1) is 17.1. The van der Waals surface area contributed by atoms with E-state index >= 15 is 0 Å². The van der Waals surface area contributed by atoms with E-state index in [4.69, 9.17) is 0 Å². The molecule has 6 nitrogen and oxygen atoms in total. The molecule has 0 aromatic heterocycles. The molecule has 1 atom stereocenters. The highest BCUT2D eigenvalue weighted by molar-refractivity contribution is 6.09. The van der Waals surface area contributed by atoms with Crippen LogP contribution in [0.3, 0.4) is 0 Å². The summed E-state index contributed by atoms with van der Waals surface area (Å²) in [4.78, 5) is 41.3. The van der Waals surface area contributed by atoms with Crippen LogP contribution in [0.15, 0.2) is 24.3 Å². The van der Waals surface area contributed by atoms with Crippen molar-refractivity contribution in [1.29, 1.82) is 0 Å². The van der Waals surface area contributed by atoms with E-state index in [1.54, 1.807) is 0 Å². The van der Waals surface area contributed by atoms with E-state index in [2.05, 4.69) is 5.32 Å². The zero-order valence-electron chi connectivity index (χ0n) is 15.0. The number of aryl methyl sites for hydroxylation is 1. The van der Waals surface area contributed by atoms with Crippen molar-refractivity contribution in [2.75, 3.05) is 19.6 Å². The molecule has 2 heterocycles. The largest absolute Gasteiger partial charge is 0.341 e. The number of urea groups is 1. The van der Waals surface area contributed by atoms with Crippen LogP contribution in [-0.4, -0.2) is 47.3 Å². The molecule has 26 heavy (non-hydrogen) atoms. The number of rotatable bonds is 2. The molecule has 1 aromatic rings. The van der Waals surface area contributed by atoms with Crippen molar-refractivity contribution in [2.45, 2.75) is 50.5 Å². The summed E-state index contributed by atoms with van der Waals surface area (Å²) in [6.07, 6.45) is 6.78. The summed E-state index contributed by atoms with van der Waals surface area (Å²) in [5, 5.41) is 2.88. The van der Waals surface area contributed by atoms with Crippen LogP contribution < -0.4 is 5.32 Å². The SMILES string of the molecule is O=C(CN1C(=O)N[C@@]2(CCc3ccccc32)C1=O)N1CCCCCCC1. The molecule has 1 aliphatic carbocycles. The third kappa shape index (κ3) is 2.77. The van der Waals surface area contributed by atoms with Crippen LogP contribution >= 0.6 is 0 Å². The minimum Gasteiger partial charge on any atom is -0.341 e. The van der Waals surface area contributed by atoms with Crippen molar-refractivity contribution in [1.82, 2.24) is 15.1 Å². The molecule has 0 radical (unpaired) electrons. The highest BCUT2D eigenvalue weighted by Crippen LogP contribution is 2.41. The maximum atomic E-state index is 13.1. The fraction of sp³-hybridized carbons (Fsp3) is 0.550. The van der Waals surface area contributed by atoms with Gasteiger partial charge >= 0.3 is 6.03 Å². The predicted molar refractivity (Wildman–Crippen MR) is 96.4 cm³/mol. The molecule has 2 aliphatic heterocycles. The quantitative estimate of drug-likeness (QED) is 0.827. The smallest absolute Gasteiger partial charge is 0.325 e. The standard InChI is InChI=1S/C20H25N3O3/c24-17(22-12-6-2-1-3-7-13-22)14-23-18(25)20(21-19(23)26)11-10-15-8-4-5-9-16(15)20/h4-5,8-9H,1-3,6-7,10-14H2,(H,21,26)/t20-/m1/s1. The second-order valence-corrected chi connectivity index (χ2v) is 7.53. The molecule has 4 rings (SSSR count). The molecule has 0 unspecified atom stereocenters. The lowest BCUT2D eigenvalue weighted by Crippen LogP contribution is -2.45. The fourth-order valence-electron chi connectivity index (χ4n) is 4.47. The number of hydrogen-bond acceptors (Lipinski definition) is 3. The number of nitrogens with zero attached hydrogens (tertiary/aromatic N) is 2. The van der Waals surface area contributed by atoms with E-state index in [0.29, 0.717) is 6.42 Å². The van der Waals surface area contributed by atoms with E-state index in [9.17, 15) is 14.4 Å². The number of imide groups is 1. The van der Waals surface area contributed by atoms with Gasteiger partial charge in [0.05, 0.1) is 0 Å². The minimum absolute atomic E-state index is 0.126. The Balaban J connectivity index is 1.51. The van der Waals surface area contributed by atoms with Gasteiger partial charge in [-0.3, -0.25) is 14.5 Å². The summed E-state index contributed by atoms with van der Waals surface area (Å²) in [6, 6.07) is 7.29. The van der Waals surface area contributed by atoms with Crippen LogP contribution in [-0.2, 0) is 21.5 Å². The highest BCUT2D eigenvalue weighted by atomic mass is 16.2. The van der Waals surface area contributed by atoms with Crippen molar-refractivity contribution >= 4 is 17.8 Å². The van der Waals surface area contributed by atoms with Crippen molar-refractivity contribution in [3.8, 4) is 0 Å². The summed E-state index contributed by atoms with van der Waals surface area (Å²) in [7, 11) is 0. The Morgan fingerprint density at radius 1 is 1.04 bits per heavy atom. The van der Waals surface area contributed by atoms with Crippen molar-refractivity contribution in [2.24, 2.45) is 0 Å². The van der Waals surface area contributed by atoms with Crippen LogP contribution in [0, 0.1) is 0 Å². The number of likely N-dealkylation sites (tertiary alicyclic amines) is 1. The third-order valence-electron chi connectivity index (χ3n) is 5.92. The van der Waals surface area contributed by atoms with E-state index in [1.165, 1.54) is 6.42 Å². The highest BCUT2D eigenvalue weighted by Gasteiger charge is 2.55. The molecule has 6 heteroatoms. The normalized spacial score (nSPS) is 25.8. The molecule has 2 fully saturated rings. The Bertz CT molecular complexity index is 740. The summed E-state index contributed by atoms with van der Waals surface area (Å²) in [6.45, 7) is 1.28. The number of carbonyl (C=O) groups excluding carboxylic acids is 3. The minimum atomic E-state index is -0.982. The molecule has 1 aromatic carbocycles. The van der Waals surface area contributed by atoms with Crippen LogP contribution in [0.25, 0.3) is 0 Å². The summed E-state index contributed by atoms with van der Waals surface area (Å²) in [5.74, 6) is -0.411. The van der Waals surface area contributed by atoms with Crippen LogP contribution in [0.4, 0.5) is 4.79 Å². The Morgan fingerprint density at radius 2 is 1.73 bits per heavy atom. The first-order valence-corrected chi connectivity index (χ1v) is 9.62. The van der Waals surface area contributed by atoms with E-state index < -0.39 is 11.6 Å². The molecular weight excluding hydrogens is 330 g/mol. The maximum absolute atomic E-state index is 13.1. The van der Waals surface area contributed by atoms with E-state index in [0.717, 1.165) is 61.2 Å². The van der Waals surface area contributed by atoms with Gasteiger partial charge in [0.2, 0.25) is 5.91 Å². The number of nitrogens with one attached hydrogen (secondary N) is 1. The number of amides is 4. The lowest BCUT2D eigenvalue weighted by molar-refractivity contribution is -0.139. The second kappa shape index (κ2) is 6.74. The lowest BCUT2D eigenvalue weighted by atomic mass is 9.92. The van der Waals surface area contributed by atoms with Gasteiger partial charge in [-0.05, 0) is 36.8 Å². The monoisotopic (exact) mass is 355 g/mol. The average Bonchev–Trinajstić information content (AvgIpc) is 3.09. The molecular formula is C20H25N3O3. The molecule has 138 valence electrons. The molecule has 3 aliphatic rings. The average molecular weight is 355 g/mol. The molecule has 0 bridgehead atoms. The fourth-order valence-corrected chi connectivity index (χ4v) is 4.47. The van der Waals surface area contributed by atoms with Crippen molar-refractivity contribution in [3.05, 3.63) is 35.4 Å². The predicted octanol–water partition coefficient (Wildman–Crippen LogP) is 2.17. The van der Waals surface area contributed by atoms with Gasteiger partial charge in [0.1, 0.15) is 12.1 Å². The summed E-state index contributed by atoms with van der Waals surface area (Å²) in [5.41, 5.74) is 0.988. The van der Waals surface area contributed by atoms with Gasteiger partial charge in [-0.1, -0.05) is 43.5 Å². The topological polar surface area (TPSA) is 69.7 Å². The van der Waals surface area contributed by atoms with Gasteiger partial charge in [-0.25, -0.2) is 4.79 Å². The van der Waals surface area contributed by atoms with E-state index in [1.807, 2.05) is 29.2 Å². The molecule has 1 N–H and O–H groups in total. The van der Waals surface area contributed by atoms with Crippen LogP contribution in [0.2, 0.25) is 0 Å². The Labute approximate surface area is 153 Å². The van der Waals surface area contributed by atoms with Gasteiger partial charge in [-0.2, -0.15) is 0 Å². The van der Waals surface area contributed by atoms with Crippen LogP contribution in [0.1, 0.15) is 49.7 Å². The summed E-state index contributed by atoms with van der Waals surface area (Å²) >= 11 is 0. The van der Waals surface area contributed by atoms with Crippen molar-refractivity contribution < 1.29 is 14.4 Å². The van der Waals surface area contributed by atoms with E-state index in [-0.39, 0.29) is 18.4 Å². The molecule has 1 spiro atoms. The molecule has 2 saturated heterocycles. The third-order valence-corrected chi connectivity index (χ3v) is 5.92. The van der Waals surface area contributed by atoms with Gasteiger partial charge in [0.25, 0.3) is 5.91 Å². The van der Waals surface area contributed by atoms with Gasteiger partial charge in [-0.15, -0.1) is 0 Å². The van der Waals surface area contributed by atoms with Crippen molar-refractivity contribution in [3.63, 3.8) is 0 Å². The number of hydrogen-bond donors (Lipinski definition) is 1. The lowest BCUT2D eigenvalue weighted by Gasteiger charge is -2.27. The zero-order valence-corrected chi connectivity index (χ0v) is 15.0. The molecule has 0 saturated carbocycles. The van der Waals surface area contributed by atoms with Crippen LogP contribution in [0.5, 0.6) is 0 Å². The van der Waals surface area contributed by atoms with Gasteiger partial charge < -0.3 is 10.2 Å². The first-order chi connectivity index (χ1) is 12.6. The Kier molecular flexibility index (Phi) is 4.42. The van der Waals surface area contributed by atoms with Gasteiger partial charge in [0.15, 0.2) is 0 Å². The number of benzene rings is 1. The number of carbonyl (C=O) groups is 3. The molecule has 4 amide bonds.